The first kappa shape index (κ1) is 14.9. The molecule has 0 radical (unpaired) electrons. The number of furan rings is 1. The molecule has 0 aliphatic carbocycles. The van der Waals surface area contributed by atoms with E-state index in [4.69, 9.17) is 27.5 Å². The molecule has 5 nitrogen and oxygen atoms in total. The molecule has 2 aromatic rings. The van der Waals surface area contributed by atoms with Crippen molar-refractivity contribution in [2.75, 3.05) is 0 Å². The molecular formula is C15H12ClNO4. The lowest BCUT2D eigenvalue weighted by Crippen LogP contribution is -2.40. The van der Waals surface area contributed by atoms with E-state index in [0.717, 1.165) is 0 Å². The highest BCUT2D eigenvalue weighted by atomic mass is 35.5. The number of amides is 1. The second kappa shape index (κ2) is 5.90. The van der Waals surface area contributed by atoms with Gasteiger partial charge in [-0.15, -0.1) is 12.3 Å². The van der Waals surface area contributed by atoms with Crippen molar-refractivity contribution < 1.29 is 19.1 Å². The van der Waals surface area contributed by atoms with Crippen LogP contribution < -0.4 is 5.32 Å². The van der Waals surface area contributed by atoms with E-state index in [0.29, 0.717) is 21.6 Å². The van der Waals surface area contributed by atoms with Crippen molar-refractivity contribution in [1.82, 2.24) is 5.32 Å². The Morgan fingerprint density at radius 1 is 1.52 bits per heavy atom. The van der Waals surface area contributed by atoms with E-state index in [1.165, 1.54) is 0 Å². The summed E-state index contributed by atoms with van der Waals surface area (Å²) >= 11 is 5.90. The molecule has 0 aliphatic heterocycles. The zero-order valence-electron chi connectivity index (χ0n) is 11.1. The highest BCUT2D eigenvalue weighted by Gasteiger charge is 2.24. The van der Waals surface area contributed by atoms with Crippen LogP contribution in [-0.2, 0) is 4.79 Å². The van der Waals surface area contributed by atoms with E-state index in [1.54, 1.807) is 25.1 Å². The molecule has 6 heteroatoms. The number of carboxylic acid groups (broad SMARTS) is 1. The normalized spacial score (nSPS) is 11.9. The third-order valence-electron chi connectivity index (χ3n) is 3.03. The van der Waals surface area contributed by atoms with Gasteiger partial charge in [0.05, 0.1) is 0 Å². The smallest absolute Gasteiger partial charge is 0.327 e. The fourth-order valence-corrected chi connectivity index (χ4v) is 2.12. The van der Waals surface area contributed by atoms with E-state index in [9.17, 15) is 9.59 Å². The summed E-state index contributed by atoms with van der Waals surface area (Å²) in [5, 5.41) is 12.6. The number of aryl methyl sites for hydroxylation is 1. The summed E-state index contributed by atoms with van der Waals surface area (Å²) in [7, 11) is 0. The fourth-order valence-electron chi connectivity index (χ4n) is 1.95. The van der Waals surface area contributed by atoms with Gasteiger partial charge in [-0.05, 0) is 25.1 Å². The van der Waals surface area contributed by atoms with Gasteiger partial charge in [-0.25, -0.2) is 4.79 Å². The molecular weight excluding hydrogens is 294 g/mol. The molecule has 0 saturated carbocycles. The van der Waals surface area contributed by atoms with Crippen LogP contribution in [0.1, 0.15) is 22.5 Å². The zero-order valence-corrected chi connectivity index (χ0v) is 11.9. The number of carbonyl (C=O) groups excluding carboxylic acids is 1. The SMILES string of the molecule is C#CCC(NC(=O)c1oc2ccc(Cl)cc2c1C)C(=O)O. The van der Waals surface area contributed by atoms with Crippen LogP contribution in [0.5, 0.6) is 0 Å². The fraction of sp³-hybridized carbons (Fsp3) is 0.200. The zero-order chi connectivity index (χ0) is 15.6. The van der Waals surface area contributed by atoms with Gasteiger partial charge in [-0.2, -0.15) is 0 Å². The maximum atomic E-state index is 12.1. The summed E-state index contributed by atoms with van der Waals surface area (Å²) < 4.78 is 5.46. The van der Waals surface area contributed by atoms with Crippen molar-refractivity contribution in [3.8, 4) is 12.3 Å². The van der Waals surface area contributed by atoms with Crippen LogP contribution >= 0.6 is 11.6 Å². The first-order valence-electron chi connectivity index (χ1n) is 6.09. The Morgan fingerprint density at radius 3 is 2.86 bits per heavy atom. The van der Waals surface area contributed by atoms with Crippen molar-refractivity contribution in [2.24, 2.45) is 0 Å². The van der Waals surface area contributed by atoms with Gasteiger partial charge in [0, 0.05) is 22.4 Å². The molecule has 2 rings (SSSR count). The lowest BCUT2D eigenvalue weighted by atomic mass is 10.1. The number of fused-ring (bicyclic) bond motifs is 1. The van der Waals surface area contributed by atoms with Crippen LogP contribution in [0.4, 0.5) is 0 Å². The van der Waals surface area contributed by atoms with Crippen molar-refractivity contribution >= 4 is 34.4 Å². The highest BCUT2D eigenvalue weighted by Crippen LogP contribution is 2.27. The highest BCUT2D eigenvalue weighted by molar-refractivity contribution is 6.31. The van der Waals surface area contributed by atoms with Crippen LogP contribution in [0.15, 0.2) is 22.6 Å². The molecule has 21 heavy (non-hydrogen) atoms. The molecule has 1 aromatic carbocycles. The molecule has 0 aliphatic rings. The lowest BCUT2D eigenvalue weighted by molar-refractivity contribution is -0.139. The minimum Gasteiger partial charge on any atom is -0.480 e. The first-order chi connectivity index (χ1) is 9.93. The van der Waals surface area contributed by atoms with Gasteiger partial charge in [-0.3, -0.25) is 4.79 Å². The number of benzene rings is 1. The average Bonchev–Trinajstić information content (AvgIpc) is 2.75. The summed E-state index contributed by atoms with van der Waals surface area (Å²) in [4.78, 5) is 23.1. The Balaban J connectivity index is 2.33. The second-order valence-corrected chi connectivity index (χ2v) is 4.91. The van der Waals surface area contributed by atoms with Crippen molar-refractivity contribution in [3.05, 3.63) is 34.5 Å². The van der Waals surface area contributed by atoms with Crippen LogP contribution in [0.2, 0.25) is 5.02 Å². The standard InChI is InChI=1S/C15H12ClNO4/c1-3-4-11(15(19)20)17-14(18)13-8(2)10-7-9(16)5-6-12(10)21-13/h1,5-7,11H,4H2,2H3,(H,17,18)(H,19,20). The maximum absolute atomic E-state index is 12.1. The largest absolute Gasteiger partial charge is 0.480 e. The van der Waals surface area contributed by atoms with Gasteiger partial charge in [0.15, 0.2) is 5.76 Å². The summed E-state index contributed by atoms with van der Waals surface area (Å²) in [6.45, 7) is 1.70. The van der Waals surface area contributed by atoms with Gasteiger partial charge in [0.2, 0.25) is 0 Å². The van der Waals surface area contributed by atoms with Crippen LogP contribution in [0.25, 0.3) is 11.0 Å². The molecule has 1 atom stereocenters. The number of terminal acetylenes is 1. The third kappa shape index (κ3) is 3.01. The summed E-state index contributed by atoms with van der Waals surface area (Å²) in [5.74, 6) is 0.444. The quantitative estimate of drug-likeness (QED) is 0.851. The minimum absolute atomic E-state index is 0.0514. The number of hydrogen-bond donors (Lipinski definition) is 2. The van der Waals surface area contributed by atoms with Crippen molar-refractivity contribution in [1.29, 1.82) is 0 Å². The molecule has 2 N–H and O–H groups in total. The van der Waals surface area contributed by atoms with E-state index >= 15 is 0 Å². The van der Waals surface area contributed by atoms with Gasteiger partial charge < -0.3 is 14.8 Å². The summed E-state index contributed by atoms with van der Waals surface area (Å²) in [6, 6.07) is 3.83. The molecule has 1 heterocycles. The summed E-state index contributed by atoms with van der Waals surface area (Å²) in [6.07, 6.45) is 4.98. The van der Waals surface area contributed by atoms with Crippen LogP contribution in [-0.4, -0.2) is 23.0 Å². The number of carbonyl (C=O) groups is 2. The monoisotopic (exact) mass is 305 g/mol. The molecule has 108 valence electrons. The van der Waals surface area contributed by atoms with Gasteiger partial charge in [0.25, 0.3) is 5.91 Å². The maximum Gasteiger partial charge on any atom is 0.327 e. The molecule has 0 spiro atoms. The lowest BCUT2D eigenvalue weighted by Gasteiger charge is -2.10. The third-order valence-corrected chi connectivity index (χ3v) is 3.26. The van der Waals surface area contributed by atoms with E-state index < -0.39 is 17.9 Å². The first-order valence-corrected chi connectivity index (χ1v) is 6.47. The summed E-state index contributed by atoms with van der Waals surface area (Å²) in [5.41, 5.74) is 1.10. The number of carboxylic acids is 1. The number of halogens is 1. The van der Waals surface area contributed by atoms with E-state index in [1.807, 2.05) is 0 Å². The Hall–Kier alpha value is -2.45. The molecule has 0 fully saturated rings. The van der Waals surface area contributed by atoms with E-state index in [2.05, 4.69) is 11.2 Å². The Morgan fingerprint density at radius 2 is 2.24 bits per heavy atom. The van der Waals surface area contributed by atoms with E-state index in [-0.39, 0.29) is 12.2 Å². The molecule has 0 bridgehead atoms. The van der Waals surface area contributed by atoms with Gasteiger partial charge >= 0.3 is 5.97 Å². The minimum atomic E-state index is -1.20. The van der Waals surface area contributed by atoms with Crippen molar-refractivity contribution in [2.45, 2.75) is 19.4 Å². The number of aliphatic carboxylic acids is 1. The molecule has 1 unspecified atom stereocenters. The van der Waals surface area contributed by atoms with Gasteiger partial charge in [0.1, 0.15) is 11.6 Å². The topological polar surface area (TPSA) is 79.5 Å². The van der Waals surface area contributed by atoms with Crippen LogP contribution in [0.3, 0.4) is 0 Å². The molecule has 0 saturated heterocycles. The number of nitrogens with one attached hydrogen (secondary N) is 1. The predicted molar refractivity (Wildman–Crippen MR) is 78.3 cm³/mol. The second-order valence-electron chi connectivity index (χ2n) is 4.47. The van der Waals surface area contributed by atoms with Gasteiger partial charge in [-0.1, -0.05) is 11.6 Å². The average molecular weight is 306 g/mol. The number of hydrogen-bond acceptors (Lipinski definition) is 3. The van der Waals surface area contributed by atoms with Crippen LogP contribution in [0, 0.1) is 19.3 Å². The van der Waals surface area contributed by atoms with Crippen molar-refractivity contribution in [3.63, 3.8) is 0 Å². The number of rotatable bonds is 4. The Labute approximate surface area is 125 Å². The Kier molecular flexibility index (Phi) is 4.20. The Bertz CT molecular complexity index is 757. The molecule has 1 amide bonds. The predicted octanol–water partition coefficient (Wildman–Crippen LogP) is 2.60. The molecule has 1 aromatic heterocycles.